The van der Waals surface area contributed by atoms with E-state index in [0.717, 1.165) is 10.1 Å². The van der Waals surface area contributed by atoms with Gasteiger partial charge in [0.2, 0.25) is 15.0 Å². The molecule has 3 rings (SSSR count). The maximum atomic E-state index is 13.2. The Morgan fingerprint density at radius 3 is 2.33 bits per heavy atom. The van der Waals surface area contributed by atoms with E-state index in [9.17, 15) is 18.0 Å². The number of aromatic nitrogens is 4. The van der Waals surface area contributed by atoms with Crippen LogP contribution >= 0.6 is 11.6 Å². The molecule has 0 atom stereocenters. The van der Waals surface area contributed by atoms with Gasteiger partial charge in [0, 0.05) is 25.0 Å². The minimum atomic E-state index is -3.84. The standard InChI is InChI=1S/C19H23ClN4O5S/c1-12(2)30(28,29)18-21-16-15(24(18)11-13-5-7-14(20)8-6-13)17(26)23(9-4-10-25)19(27)22(16)3/h5-8,12,25H,4,9-11H2,1-3H3/p+1. The van der Waals surface area contributed by atoms with E-state index in [0.29, 0.717) is 11.4 Å². The Hall–Kier alpha value is -2.43. The molecule has 0 saturated carbocycles. The van der Waals surface area contributed by atoms with Crippen molar-refractivity contribution in [3.8, 4) is 0 Å². The molecule has 0 spiro atoms. The van der Waals surface area contributed by atoms with Gasteiger partial charge in [0.05, 0.1) is 11.8 Å². The Kier molecular flexibility index (Phi) is 6.21. The van der Waals surface area contributed by atoms with Crippen molar-refractivity contribution < 1.29 is 13.5 Å². The topological polar surface area (TPSA) is 119 Å². The van der Waals surface area contributed by atoms with Crippen LogP contribution in [0.5, 0.6) is 0 Å². The fraction of sp³-hybridized carbons (Fsp3) is 0.421. The Bertz CT molecular complexity index is 1300. The number of fused-ring (bicyclic) bond motifs is 1. The van der Waals surface area contributed by atoms with Crippen molar-refractivity contribution in [3.05, 3.63) is 55.7 Å². The second-order valence-corrected chi connectivity index (χ2v) is 10.1. The fourth-order valence-corrected chi connectivity index (χ4v) is 4.36. The van der Waals surface area contributed by atoms with Crippen molar-refractivity contribution in [1.29, 1.82) is 0 Å². The number of aryl methyl sites for hydroxylation is 1. The number of sulfone groups is 1. The molecule has 0 aliphatic carbocycles. The first-order valence-electron chi connectivity index (χ1n) is 9.42. The van der Waals surface area contributed by atoms with E-state index in [4.69, 9.17) is 16.7 Å². The van der Waals surface area contributed by atoms with Crippen LogP contribution < -0.4 is 11.2 Å². The lowest BCUT2D eigenvalue weighted by molar-refractivity contribution is 0.277. The van der Waals surface area contributed by atoms with Gasteiger partial charge < -0.3 is 9.67 Å². The average Bonchev–Trinajstić information content (AvgIpc) is 3.08. The highest BCUT2D eigenvalue weighted by Gasteiger charge is 2.30. The third-order valence-corrected chi connectivity index (χ3v) is 7.20. The molecule has 11 heteroatoms. The smallest absolute Gasteiger partial charge is 0.332 e. The Morgan fingerprint density at radius 2 is 1.77 bits per heavy atom. The molecule has 0 bridgehead atoms. The number of imidazole rings is 1. The molecule has 0 aliphatic rings. The minimum absolute atomic E-state index is 0.0142. The Labute approximate surface area is 178 Å². The molecule has 2 heterocycles. The van der Waals surface area contributed by atoms with Crippen LogP contribution in [0.2, 0.25) is 5.02 Å². The fourth-order valence-electron chi connectivity index (χ4n) is 3.13. The van der Waals surface area contributed by atoms with Gasteiger partial charge in [-0.25, -0.2) is 13.2 Å². The van der Waals surface area contributed by atoms with E-state index in [1.807, 2.05) is 0 Å². The molecule has 162 valence electrons. The molecule has 0 amide bonds. The van der Waals surface area contributed by atoms with Gasteiger partial charge in [0.15, 0.2) is 11.2 Å². The molecule has 9 nitrogen and oxygen atoms in total. The summed E-state index contributed by atoms with van der Waals surface area (Å²) in [5.41, 5.74) is -0.430. The van der Waals surface area contributed by atoms with Gasteiger partial charge in [0.25, 0.3) is 5.56 Å². The van der Waals surface area contributed by atoms with Gasteiger partial charge >= 0.3 is 5.69 Å². The molecule has 30 heavy (non-hydrogen) atoms. The zero-order valence-corrected chi connectivity index (χ0v) is 18.5. The normalized spacial score (nSPS) is 12.2. The summed E-state index contributed by atoms with van der Waals surface area (Å²) in [6.45, 7) is 3.27. The van der Waals surface area contributed by atoms with E-state index in [-0.39, 0.29) is 36.0 Å². The predicted molar refractivity (Wildman–Crippen MR) is 115 cm³/mol. The van der Waals surface area contributed by atoms with Gasteiger partial charge in [-0.1, -0.05) is 23.7 Å². The zero-order valence-electron chi connectivity index (χ0n) is 16.9. The molecule has 2 aromatic heterocycles. The largest absolute Gasteiger partial charge is 0.445 e. The van der Waals surface area contributed by atoms with Crippen molar-refractivity contribution >= 4 is 32.6 Å². The first-order chi connectivity index (χ1) is 14.1. The van der Waals surface area contributed by atoms with E-state index < -0.39 is 26.3 Å². The van der Waals surface area contributed by atoms with Crippen molar-refractivity contribution in [1.82, 2.24) is 18.7 Å². The summed E-state index contributed by atoms with van der Waals surface area (Å²) in [5.74, 6) is 0. The first-order valence-corrected chi connectivity index (χ1v) is 11.3. The van der Waals surface area contributed by atoms with Crippen molar-refractivity contribution in [2.45, 2.75) is 43.8 Å². The Balaban J connectivity index is 2.39. The highest BCUT2D eigenvalue weighted by atomic mass is 35.5. The van der Waals surface area contributed by atoms with E-state index in [2.05, 4.69) is 4.98 Å². The molecule has 0 unspecified atom stereocenters. The number of rotatable bonds is 7. The molecular formula is C19H24ClN4O5S+. The number of hydrogen-bond donors (Lipinski definition) is 0. The van der Waals surface area contributed by atoms with Gasteiger partial charge in [-0.05, 0) is 31.5 Å². The second-order valence-electron chi connectivity index (χ2n) is 7.27. The van der Waals surface area contributed by atoms with Crippen LogP contribution in [-0.2, 0) is 30.0 Å². The van der Waals surface area contributed by atoms with E-state index in [1.165, 1.54) is 30.0 Å². The third-order valence-electron chi connectivity index (χ3n) is 4.88. The van der Waals surface area contributed by atoms with Crippen LogP contribution in [-0.4, -0.2) is 44.1 Å². The number of hydrogen-bond acceptors (Lipinski definition) is 5. The zero-order chi connectivity index (χ0) is 22.2. The van der Waals surface area contributed by atoms with Crippen LogP contribution in [0.4, 0.5) is 0 Å². The summed E-state index contributed by atoms with van der Waals surface area (Å²) in [4.78, 5) is 30.1. The highest BCUT2D eigenvalue weighted by Crippen LogP contribution is 2.22. The summed E-state index contributed by atoms with van der Waals surface area (Å²) in [6, 6.07) is 6.82. The van der Waals surface area contributed by atoms with Crippen LogP contribution in [0.15, 0.2) is 39.0 Å². The highest BCUT2D eigenvalue weighted by molar-refractivity contribution is 7.91. The molecule has 2 N–H and O–H groups in total. The molecule has 0 saturated heterocycles. The maximum Gasteiger partial charge on any atom is 0.332 e. The lowest BCUT2D eigenvalue weighted by Crippen LogP contribution is -2.40. The summed E-state index contributed by atoms with van der Waals surface area (Å²) >= 11 is 5.94. The van der Waals surface area contributed by atoms with Crippen LogP contribution in [0.1, 0.15) is 25.8 Å². The number of benzene rings is 1. The predicted octanol–water partition coefficient (Wildman–Crippen LogP) is 0.895. The van der Waals surface area contributed by atoms with E-state index >= 15 is 0 Å². The van der Waals surface area contributed by atoms with Gasteiger partial charge in [0.1, 0.15) is 6.61 Å². The summed E-state index contributed by atoms with van der Waals surface area (Å²) < 4.78 is 29.6. The molecule has 0 fully saturated rings. The van der Waals surface area contributed by atoms with Crippen LogP contribution in [0.25, 0.3) is 11.2 Å². The van der Waals surface area contributed by atoms with Crippen LogP contribution in [0.3, 0.4) is 0 Å². The van der Waals surface area contributed by atoms with Gasteiger partial charge in [-0.15, -0.1) is 0 Å². The number of halogens is 1. The Morgan fingerprint density at radius 1 is 1.13 bits per heavy atom. The minimum Gasteiger partial charge on any atom is -0.445 e. The number of nitrogens with zero attached hydrogens (tertiary/aromatic N) is 4. The van der Waals surface area contributed by atoms with Crippen molar-refractivity contribution in [3.63, 3.8) is 0 Å². The first kappa shape index (κ1) is 22.3. The molecule has 3 aromatic rings. The quantitative estimate of drug-likeness (QED) is 0.490. The third kappa shape index (κ3) is 3.82. The average molecular weight is 456 g/mol. The van der Waals surface area contributed by atoms with Gasteiger partial charge in [-0.2, -0.15) is 4.98 Å². The molecule has 1 aromatic carbocycles. The molecule has 0 radical (unpaired) electrons. The SMILES string of the molecule is CC(C)S(=O)(=O)c1nc2c(c(=O)n(CCC[OH2+])c(=O)n2C)n1Cc1ccc(Cl)cc1. The monoisotopic (exact) mass is 455 g/mol. The lowest BCUT2D eigenvalue weighted by Gasteiger charge is -2.12. The maximum absolute atomic E-state index is 13.2. The molecular weight excluding hydrogens is 432 g/mol. The van der Waals surface area contributed by atoms with E-state index in [1.54, 1.807) is 24.3 Å². The molecule has 0 aliphatic heterocycles. The summed E-state index contributed by atoms with van der Waals surface area (Å²) in [5, 5.41) is 6.83. The second kappa shape index (κ2) is 8.37. The van der Waals surface area contributed by atoms with Crippen LogP contribution in [0, 0.1) is 0 Å². The summed E-state index contributed by atoms with van der Waals surface area (Å²) in [7, 11) is -2.39. The van der Waals surface area contributed by atoms with Crippen molar-refractivity contribution in [2.24, 2.45) is 7.05 Å². The van der Waals surface area contributed by atoms with Gasteiger partial charge in [-0.3, -0.25) is 13.9 Å². The lowest BCUT2D eigenvalue weighted by atomic mass is 10.2. The summed E-state index contributed by atoms with van der Waals surface area (Å²) in [6.07, 6.45) is 0.323. The van der Waals surface area contributed by atoms with Crippen molar-refractivity contribution in [2.75, 3.05) is 6.61 Å².